The molecule has 0 aromatic rings. The molecule has 3 atom stereocenters. The maximum absolute atomic E-state index is 12.7. The average molecular weight is 910 g/mol. The van der Waals surface area contributed by atoms with E-state index in [1.807, 2.05) is 0 Å². The number of esters is 1. The number of aliphatic carboxylic acids is 1. The Morgan fingerprint density at radius 2 is 0.921 bits per heavy atom. The van der Waals surface area contributed by atoms with Crippen molar-refractivity contribution in [1.82, 2.24) is 0 Å². The van der Waals surface area contributed by atoms with Crippen molar-refractivity contribution in [2.24, 2.45) is 5.73 Å². The van der Waals surface area contributed by atoms with Crippen LogP contribution < -0.4 is 5.73 Å². The first kappa shape index (κ1) is 60.9. The van der Waals surface area contributed by atoms with Crippen molar-refractivity contribution in [2.75, 3.05) is 26.4 Å². The van der Waals surface area contributed by atoms with Crippen LogP contribution in [0.3, 0.4) is 0 Å². The van der Waals surface area contributed by atoms with Crippen LogP contribution in [-0.2, 0) is 32.7 Å². The number of ether oxygens (including phenoxy) is 2. The molecule has 0 aromatic carbocycles. The first-order valence-corrected chi connectivity index (χ1v) is 27.2. The standard InChI is InChI=1S/C52H96NO9P/c1-3-5-7-9-11-13-15-17-19-21-23-24-25-27-29-31-33-35-37-39-41-43-45-59-46-49(47-60-63(57,58)61-48-50(53)52(55)56)62-51(54)44-42-40-38-36-34-32-30-28-26-22-20-18-16-14-12-10-8-6-4-2/h5,7,11,13,17,19,23-24,49-50H,3-4,6,8-10,12,14-16,18,20-22,25-48,53H2,1-2H3,(H,55,56)(H,57,58)/b7-5-,13-11-,19-17-,24-23-. The molecule has 0 spiro atoms. The summed E-state index contributed by atoms with van der Waals surface area (Å²) in [5.74, 6) is -1.77. The van der Waals surface area contributed by atoms with Crippen LogP contribution in [-0.4, -0.2) is 60.5 Å². The van der Waals surface area contributed by atoms with Gasteiger partial charge in [-0.3, -0.25) is 18.6 Å². The van der Waals surface area contributed by atoms with Crippen molar-refractivity contribution >= 4 is 19.8 Å². The molecule has 0 bridgehead atoms. The first-order chi connectivity index (χ1) is 30.7. The zero-order chi connectivity index (χ0) is 46.2. The van der Waals surface area contributed by atoms with Gasteiger partial charge in [-0.2, -0.15) is 0 Å². The van der Waals surface area contributed by atoms with Gasteiger partial charge in [0.05, 0.1) is 19.8 Å². The Kier molecular flexibility index (Phi) is 46.3. The smallest absolute Gasteiger partial charge is 0.472 e. The fourth-order valence-corrected chi connectivity index (χ4v) is 7.96. The SMILES string of the molecule is CC/C=C\C/C=C\C/C=C\C/C=C\CCCCCCCCCCCOCC(COP(=O)(O)OCC(N)C(=O)O)OC(=O)CCCCCCCCCCCCCCCCCCCCC. The predicted octanol–water partition coefficient (Wildman–Crippen LogP) is 15.0. The number of unbranched alkanes of at least 4 members (excludes halogenated alkanes) is 27. The Morgan fingerprint density at radius 1 is 0.524 bits per heavy atom. The second kappa shape index (κ2) is 47.9. The van der Waals surface area contributed by atoms with E-state index >= 15 is 0 Å². The van der Waals surface area contributed by atoms with E-state index in [1.165, 1.54) is 141 Å². The van der Waals surface area contributed by atoms with E-state index in [9.17, 15) is 19.0 Å². The van der Waals surface area contributed by atoms with Crippen LogP contribution in [0, 0.1) is 0 Å². The van der Waals surface area contributed by atoms with Crippen LogP contribution in [0.5, 0.6) is 0 Å². The number of carboxylic acid groups (broad SMARTS) is 1. The summed E-state index contributed by atoms with van der Waals surface area (Å²) in [5, 5.41) is 8.93. The van der Waals surface area contributed by atoms with Gasteiger partial charge in [-0.05, 0) is 51.4 Å². The number of carboxylic acids is 1. The van der Waals surface area contributed by atoms with E-state index in [0.29, 0.717) is 13.0 Å². The summed E-state index contributed by atoms with van der Waals surface area (Å²) in [6.45, 7) is 3.79. The Hall–Kier alpha value is -2.07. The lowest BCUT2D eigenvalue weighted by Crippen LogP contribution is -2.34. The molecule has 4 N–H and O–H groups in total. The van der Waals surface area contributed by atoms with Crippen molar-refractivity contribution < 1.29 is 42.7 Å². The van der Waals surface area contributed by atoms with Gasteiger partial charge in [0.2, 0.25) is 0 Å². The van der Waals surface area contributed by atoms with Crippen LogP contribution in [0.25, 0.3) is 0 Å². The Bertz CT molecular complexity index is 1190. The number of carbonyl (C=O) groups excluding carboxylic acids is 1. The van der Waals surface area contributed by atoms with Crippen LogP contribution in [0.1, 0.15) is 232 Å². The number of carbonyl (C=O) groups is 2. The predicted molar refractivity (Wildman–Crippen MR) is 263 cm³/mol. The molecule has 0 saturated carbocycles. The average Bonchev–Trinajstić information content (AvgIpc) is 3.26. The van der Waals surface area contributed by atoms with Gasteiger partial charge in [0.1, 0.15) is 12.1 Å². The minimum atomic E-state index is -4.62. The molecule has 63 heavy (non-hydrogen) atoms. The molecule has 0 fully saturated rings. The lowest BCUT2D eigenvalue weighted by molar-refractivity contribution is -0.154. The van der Waals surface area contributed by atoms with Gasteiger partial charge >= 0.3 is 19.8 Å². The van der Waals surface area contributed by atoms with E-state index in [-0.39, 0.29) is 13.0 Å². The molecule has 0 amide bonds. The van der Waals surface area contributed by atoms with Crippen molar-refractivity contribution in [3.05, 3.63) is 48.6 Å². The highest BCUT2D eigenvalue weighted by Crippen LogP contribution is 2.43. The maximum atomic E-state index is 12.7. The second-order valence-electron chi connectivity index (χ2n) is 17.3. The molecule has 0 radical (unpaired) electrons. The fraction of sp³-hybridized carbons (Fsp3) is 0.808. The second-order valence-corrected chi connectivity index (χ2v) is 18.7. The summed E-state index contributed by atoms with van der Waals surface area (Å²) in [6, 6.07) is -1.47. The number of hydrogen-bond donors (Lipinski definition) is 3. The van der Waals surface area contributed by atoms with Crippen molar-refractivity contribution in [2.45, 2.75) is 244 Å². The van der Waals surface area contributed by atoms with Gasteiger partial charge in [-0.1, -0.05) is 223 Å². The molecule has 0 aromatic heterocycles. The third-order valence-corrected chi connectivity index (χ3v) is 12.1. The van der Waals surface area contributed by atoms with Crippen molar-refractivity contribution in [1.29, 1.82) is 0 Å². The van der Waals surface area contributed by atoms with Gasteiger partial charge in [-0.15, -0.1) is 0 Å². The summed E-state index contributed by atoms with van der Waals surface area (Å²) in [6.07, 6.45) is 57.4. The lowest BCUT2D eigenvalue weighted by Gasteiger charge is -2.20. The summed E-state index contributed by atoms with van der Waals surface area (Å²) in [7, 11) is -4.62. The third-order valence-electron chi connectivity index (χ3n) is 11.1. The normalized spacial score (nSPS) is 14.1. The Balaban J connectivity index is 4.13. The lowest BCUT2D eigenvalue weighted by atomic mass is 10.0. The molecule has 10 nitrogen and oxygen atoms in total. The number of hydrogen-bond acceptors (Lipinski definition) is 8. The zero-order valence-corrected chi connectivity index (χ0v) is 41.3. The highest BCUT2D eigenvalue weighted by Gasteiger charge is 2.27. The molecule has 11 heteroatoms. The van der Waals surface area contributed by atoms with Crippen molar-refractivity contribution in [3.63, 3.8) is 0 Å². The van der Waals surface area contributed by atoms with Crippen LogP contribution in [0.4, 0.5) is 0 Å². The summed E-state index contributed by atoms with van der Waals surface area (Å²) >= 11 is 0. The molecule has 0 rings (SSSR count). The van der Waals surface area contributed by atoms with Crippen LogP contribution in [0.15, 0.2) is 48.6 Å². The Morgan fingerprint density at radius 3 is 1.38 bits per heavy atom. The van der Waals surface area contributed by atoms with Crippen LogP contribution in [0.2, 0.25) is 0 Å². The minimum Gasteiger partial charge on any atom is -0.480 e. The molecular weight excluding hydrogens is 814 g/mol. The molecule has 0 aliphatic carbocycles. The largest absolute Gasteiger partial charge is 0.480 e. The molecule has 0 heterocycles. The van der Waals surface area contributed by atoms with E-state index in [2.05, 4.69) is 62.5 Å². The van der Waals surface area contributed by atoms with Gasteiger partial charge in [-0.25, -0.2) is 4.57 Å². The van der Waals surface area contributed by atoms with E-state index in [0.717, 1.165) is 64.2 Å². The summed E-state index contributed by atoms with van der Waals surface area (Å²) in [4.78, 5) is 33.7. The number of rotatable bonds is 49. The molecule has 0 aliphatic heterocycles. The van der Waals surface area contributed by atoms with Gasteiger partial charge < -0.3 is 25.2 Å². The minimum absolute atomic E-state index is 0.0144. The van der Waals surface area contributed by atoms with Crippen LogP contribution >= 0.6 is 7.82 Å². The summed E-state index contributed by atoms with van der Waals surface area (Å²) < 4.78 is 33.5. The molecule has 368 valence electrons. The van der Waals surface area contributed by atoms with E-state index in [1.54, 1.807) is 0 Å². The molecule has 0 aliphatic rings. The molecular formula is C52H96NO9P. The quantitative estimate of drug-likeness (QED) is 0.0232. The van der Waals surface area contributed by atoms with Gasteiger partial charge in [0.25, 0.3) is 0 Å². The van der Waals surface area contributed by atoms with Gasteiger partial charge in [0.15, 0.2) is 0 Å². The number of phosphoric acid groups is 1. The van der Waals surface area contributed by atoms with Gasteiger partial charge in [0, 0.05) is 13.0 Å². The number of nitrogens with two attached hydrogens (primary N) is 1. The highest BCUT2D eigenvalue weighted by molar-refractivity contribution is 7.47. The first-order valence-electron chi connectivity index (χ1n) is 25.7. The van der Waals surface area contributed by atoms with E-state index in [4.69, 9.17) is 29.4 Å². The fourth-order valence-electron chi connectivity index (χ4n) is 7.19. The van der Waals surface area contributed by atoms with E-state index < -0.39 is 45.1 Å². The molecule has 3 unspecified atom stereocenters. The van der Waals surface area contributed by atoms with Crippen molar-refractivity contribution in [3.8, 4) is 0 Å². The topological polar surface area (TPSA) is 155 Å². The number of allylic oxidation sites excluding steroid dienone is 8. The zero-order valence-electron chi connectivity index (χ0n) is 40.4. The maximum Gasteiger partial charge on any atom is 0.472 e. The Labute approximate surface area is 386 Å². The summed E-state index contributed by atoms with van der Waals surface area (Å²) in [5.41, 5.74) is 5.38. The third kappa shape index (κ3) is 47.7. The highest BCUT2D eigenvalue weighted by atomic mass is 31.2. The number of phosphoric ester groups is 1. The monoisotopic (exact) mass is 910 g/mol. The molecule has 0 saturated heterocycles.